The van der Waals surface area contributed by atoms with E-state index < -0.39 is 15.4 Å². The molecule has 0 amide bonds. The van der Waals surface area contributed by atoms with Gasteiger partial charge in [0.2, 0.25) is 5.95 Å². The number of H-pyrrole nitrogens is 1. The number of aromatic amines is 1. The molecule has 2 aromatic heterocycles. The maximum absolute atomic E-state index is 11.3. The third-order valence-electron chi connectivity index (χ3n) is 2.21. The van der Waals surface area contributed by atoms with Crippen molar-refractivity contribution in [2.75, 3.05) is 17.3 Å². The van der Waals surface area contributed by atoms with Crippen LogP contribution in [-0.2, 0) is 9.84 Å². The molecule has 8 nitrogen and oxygen atoms in total. The van der Waals surface area contributed by atoms with Gasteiger partial charge in [-0.2, -0.15) is 0 Å². The predicted octanol–water partition coefficient (Wildman–Crippen LogP) is -0.106. The van der Waals surface area contributed by atoms with Crippen LogP contribution in [0.5, 0.6) is 0 Å². The molecule has 2 heterocycles. The van der Waals surface area contributed by atoms with Gasteiger partial charge in [-0.15, -0.1) is 0 Å². The van der Waals surface area contributed by atoms with Crippen molar-refractivity contribution in [3.05, 3.63) is 34.9 Å². The van der Waals surface area contributed by atoms with Crippen molar-refractivity contribution in [1.82, 2.24) is 15.0 Å². The monoisotopic (exact) mass is 281 g/mol. The van der Waals surface area contributed by atoms with E-state index in [1.54, 1.807) is 0 Å². The molecule has 0 saturated heterocycles. The summed E-state index contributed by atoms with van der Waals surface area (Å²) in [5, 5.41) is 2.74. The van der Waals surface area contributed by atoms with Crippen molar-refractivity contribution in [3.63, 3.8) is 0 Å². The maximum Gasteiger partial charge on any atom is 0.275 e. The number of hydrogen-bond donors (Lipinski definition) is 3. The Morgan fingerprint density at radius 2 is 2.00 bits per heavy atom. The van der Waals surface area contributed by atoms with Crippen LogP contribution in [0.15, 0.2) is 34.3 Å². The molecule has 19 heavy (non-hydrogen) atoms. The molecule has 0 spiro atoms. The minimum atomic E-state index is -3.33. The predicted molar refractivity (Wildman–Crippen MR) is 69.9 cm³/mol. The van der Waals surface area contributed by atoms with Gasteiger partial charge in [0, 0.05) is 6.26 Å². The van der Waals surface area contributed by atoms with E-state index in [0.717, 1.165) is 6.26 Å². The van der Waals surface area contributed by atoms with Gasteiger partial charge in [0.15, 0.2) is 14.9 Å². The molecule has 0 aliphatic heterocycles. The molecule has 0 aliphatic carbocycles. The summed E-state index contributed by atoms with van der Waals surface area (Å²) in [6.45, 7) is 0. The van der Waals surface area contributed by atoms with Gasteiger partial charge in [0.05, 0.1) is 18.1 Å². The number of pyridine rings is 1. The van der Waals surface area contributed by atoms with Crippen LogP contribution in [0.1, 0.15) is 0 Å². The van der Waals surface area contributed by atoms with Crippen LogP contribution in [0.4, 0.5) is 17.3 Å². The molecule has 0 saturated carbocycles. The summed E-state index contributed by atoms with van der Waals surface area (Å²) in [5.41, 5.74) is 5.37. The van der Waals surface area contributed by atoms with Gasteiger partial charge in [-0.1, -0.05) is 0 Å². The second-order valence-corrected chi connectivity index (χ2v) is 5.76. The highest BCUT2D eigenvalue weighted by Gasteiger charge is 2.08. The Morgan fingerprint density at radius 3 is 2.53 bits per heavy atom. The lowest BCUT2D eigenvalue weighted by Crippen LogP contribution is -2.14. The van der Waals surface area contributed by atoms with Gasteiger partial charge in [0.1, 0.15) is 5.69 Å². The zero-order valence-electron chi connectivity index (χ0n) is 9.91. The average Bonchev–Trinajstić information content (AvgIpc) is 2.33. The minimum Gasteiger partial charge on any atom is -0.393 e. The zero-order chi connectivity index (χ0) is 14.0. The van der Waals surface area contributed by atoms with Gasteiger partial charge in [-0.25, -0.2) is 18.4 Å². The Kier molecular flexibility index (Phi) is 3.21. The topological polar surface area (TPSA) is 131 Å². The fraction of sp³-hybridized carbons (Fsp3) is 0.100. The molecule has 0 atom stereocenters. The summed E-state index contributed by atoms with van der Waals surface area (Å²) in [4.78, 5) is 21.3. The molecule has 0 unspecified atom stereocenters. The van der Waals surface area contributed by atoms with Crippen molar-refractivity contribution < 1.29 is 8.42 Å². The first-order valence-corrected chi connectivity index (χ1v) is 7.03. The molecule has 0 aliphatic rings. The first-order chi connectivity index (χ1) is 8.86. The lowest BCUT2D eigenvalue weighted by Gasteiger charge is -2.05. The summed E-state index contributed by atoms with van der Waals surface area (Å²) in [6.07, 6.45) is 3.62. The van der Waals surface area contributed by atoms with Crippen LogP contribution < -0.4 is 16.6 Å². The van der Waals surface area contributed by atoms with Gasteiger partial charge >= 0.3 is 0 Å². The molecular formula is C10H11N5O3S. The fourth-order valence-electron chi connectivity index (χ4n) is 1.28. The summed E-state index contributed by atoms with van der Waals surface area (Å²) in [7, 11) is -3.33. The molecule has 0 bridgehead atoms. The van der Waals surface area contributed by atoms with E-state index in [9.17, 15) is 13.2 Å². The number of sulfone groups is 1. The number of nitrogens with one attached hydrogen (secondary N) is 2. The minimum absolute atomic E-state index is 0.0103. The third-order valence-corrected chi connectivity index (χ3v) is 3.21. The Balaban J connectivity index is 2.24. The number of hydrogen-bond acceptors (Lipinski definition) is 7. The largest absolute Gasteiger partial charge is 0.393 e. The lowest BCUT2D eigenvalue weighted by molar-refractivity contribution is 0.598. The molecule has 0 radical (unpaired) electrons. The zero-order valence-corrected chi connectivity index (χ0v) is 10.7. The maximum atomic E-state index is 11.3. The fourth-order valence-corrected chi connectivity index (χ4v) is 1.84. The number of nitrogens with two attached hydrogens (primary N) is 1. The van der Waals surface area contributed by atoms with Crippen molar-refractivity contribution in [3.8, 4) is 0 Å². The third kappa shape index (κ3) is 3.07. The number of nitrogens with zero attached hydrogens (tertiary/aromatic N) is 2. The first kappa shape index (κ1) is 13.0. The SMILES string of the molecule is CS(=O)(=O)c1ccc(Nc2ncc(N)c(=O)[nH]2)cn1. The van der Waals surface area contributed by atoms with Gasteiger partial charge in [-0.05, 0) is 12.1 Å². The summed E-state index contributed by atoms with van der Waals surface area (Å²) < 4.78 is 22.5. The van der Waals surface area contributed by atoms with Crippen LogP contribution in [-0.4, -0.2) is 29.6 Å². The number of rotatable bonds is 3. The molecule has 100 valence electrons. The van der Waals surface area contributed by atoms with Crippen molar-refractivity contribution in [2.45, 2.75) is 5.03 Å². The van der Waals surface area contributed by atoms with Crippen molar-refractivity contribution >= 4 is 27.2 Å². The number of aromatic nitrogens is 3. The highest BCUT2D eigenvalue weighted by atomic mass is 32.2. The van der Waals surface area contributed by atoms with Gasteiger partial charge < -0.3 is 11.1 Å². The second-order valence-electron chi connectivity index (χ2n) is 3.80. The van der Waals surface area contributed by atoms with Gasteiger partial charge in [0.25, 0.3) is 5.56 Å². The Hall–Kier alpha value is -2.42. The Bertz CT molecular complexity index is 751. The smallest absolute Gasteiger partial charge is 0.275 e. The second kappa shape index (κ2) is 4.69. The van der Waals surface area contributed by atoms with Crippen LogP contribution in [0, 0.1) is 0 Å². The first-order valence-electron chi connectivity index (χ1n) is 5.14. The van der Waals surface area contributed by atoms with E-state index in [1.165, 1.54) is 24.5 Å². The van der Waals surface area contributed by atoms with E-state index in [4.69, 9.17) is 5.73 Å². The Labute approximate surface area is 108 Å². The van der Waals surface area contributed by atoms with E-state index in [2.05, 4.69) is 20.3 Å². The highest BCUT2D eigenvalue weighted by Crippen LogP contribution is 2.13. The highest BCUT2D eigenvalue weighted by molar-refractivity contribution is 7.90. The lowest BCUT2D eigenvalue weighted by atomic mass is 10.4. The molecular weight excluding hydrogens is 270 g/mol. The molecule has 9 heteroatoms. The molecule has 0 aromatic carbocycles. The van der Waals surface area contributed by atoms with Crippen LogP contribution in [0.3, 0.4) is 0 Å². The molecule has 0 fully saturated rings. The summed E-state index contributed by atoms with van der Waals surface area (Å²) in [5.74, 6) is 0.188. The van der Waals surface area contributed by atoms with E-state index in [-0.39, 0.29) is 16.7 Å². The van der Waals surface area contributed by atoms with Crippen LogP contribution >= 0.6 is 0 Å². The molecule has 2 aromatic rings. The van der Waals surface area contributed by atoms with Crippen LogP contribution in [0.2, 0.25) is 0 Å². The van der Waals surface area contributed by atoms with Crippen LogP contribution in [0.25, 0.3) is 0 Å². The number of anilines is 3. The summed E-state index contributed by atoms with van der Waals surface area (Å²) >= 11 is 0. The van der Waals surface area contributed by atoms with E-state index in [1.807, 2.05) is 0 Å². The van der Waals surface area contributed by atoms with E-state index in [0.29, 0.717) is 5.69 Å². The normalized spacial score (nSPS) is 11.2. The number of nitrogen functional groups attached to an aromatic ring is 1. The summed E-state index contributed by atoms with van der Waals surface area (Å²) in [6, 6.07) is 2.87. The standard InChI is InChI=1S/C10H11N5O3S/c1-19(17,18)8-3-2-6(4-12-8)14-10-13-5-7(11)9(16)15-10/h2-5H,11H2,1H3,(H2,13,14,15,16). The van der Waals surface area contributed by atoms with Crippen molar-refractivity contribution in [1.29, 1.82) is 0 Å². The van der Waals surface area contributed by atoms with E-state index >= 15 is 0 Å². The molecule has 4 N–H and O–H groups in total. The molecule has 2 rings (SSSR count). The Morgan fingerprint density at radius 1 is 1.26 bits per heavy atom. The van der Waals surface area contributed by atoms with Crippen molar-refractivity contribution in [2.24, 2.45) is 0 Å². The average molecular weight is 281 g/mol. The quantitative estimate of drug-likeness (QED) is 0.715. The van der Waals surface area contributed by atoms with Gasteiger partial charge in [-0.3, -0.25) is 9.78 Å².